The third kappa shape index (κ3) is 17.0. The smallest absolute Gasteiger partial charge is 0.414 e. The lowest BCUT2D eigenvalue weighted by Crippen LogP contribution is -2.45. The van der Waals surface area contributed by atoms with Crippen LogP contribution >= 0.6 is 0 Å². The molecule has 1 N–H and O–H groups in total. The monoisotopic (exact) mass is 527 g/mol. The van der Waals surface area contributed by atoms with Gasteiger partial charge >= 0.3 is 6.09 Å². The van der Waals surface area contributed by atoms with Crippen LogP contribution in [0.15, 0.2) is 41.9 Å². The third-order valence-corrected chi connectivity index (χ3v) is 6.67. The summed E-state index contributed by atoms with van der Waals surface area (Å²) in [7, 11) is 0. The summed E-state index contributed by atoms with van der Waals surface area (Å²) in [6, 6.07) is 7.07. The molecule has 0 fully saturated rings. The van der Waals surface area contributed by atoms with Crippen LogP contribution in [0.2, 0.25) is 0 Å². The van der Waals surface area contributed by atoms with Crippen molar-refractivity contribution in [3.8, 4) is 0 Å². The van der Waals surface area contributed by atoms with E-state index in [9.17, 15) is 9.59 Å². The Bertz CT molecular complexity index is 757. The van der Waals surface area contributed by atoms with Gasteiger partial charge in [-0.3, -0.25) is 10.1 Å². The van der Waals surface area contributed by atoms with Crippen LogP contribution in [0, 0.1) is 0 Å². The molecule has 1 aromatic carbocycles. The molecule has 0 aliphatic rings. The van der Waals surface area contributed by atoms with Crippen LogP contribution < -0.4 is 5.32 Å². The number of nitrogens with one attached hydrogen (secondary N) is 1. The van der Waals surface area contributed by atoms with E-state index in [0.29, 0.717) is 17.2 Å². The minimum atomic E-state index is -0.537. The number of unbranched alkanes of at least 4 members (excludes halogenated alkanes) is 14. The zero-order valence-corrected chi connectivity index (χ0v) is 24.2. The lowest BCUT2D eigenvalue weighted by Gasteiger charge is -2.26. The maximum absolute atomic E-state index is 12.5. The van der Waals surface area contributed by atoms with E-state index in [1.807, 2.05) is 0 Å². The van der Waals surface area contributed by atoms with Gasteiger partial charge in [0.2, 0.25) is 5.96 Å². The number of rotatable bonds is 22. The number of benzene rings is 1. The summed E-state index contributed by atoms with van der Waals surface area (Å²) < 4.78 is 5.20. The normalized spacial score (nSPS) is 11.3. The van der Waals surface area contributed by atoms with Crippen LogP contribution in [0.1, 0.15) is 127 Å². The van der Waals surface area contributed by atoms with Gasteiger partial charge in [-0.15, -0.1) is 0 Å². The fourth-order valence-corrected chi connectivity index (χ4v) is 4.39. The first-order valence-electron chi connectivity index (χ1n) is 15.1. The molecule has 0 spiro atoms. The molecule has 0 heterocycles. The molecule has 1 rings (SSSR count). The van der Waals surface area contributed by atoms with Crippen LogP contribution in [-0.4, -0.2) is 42.9 Å². The van der Waals surface area contributed by atoms with Gasteiger partial charge in [0.15, 0.2) is 0 Å². The van der Waals surface area contributed by atoms with Gasteiger partial charge < -0.3 is 9.64 Å². The Labute approximate surface area is 232 Å². The Morgan fingerprint density at radius 2 is 1.29 bits per heavy atom. The van der Waals surface area contributed by atoms with Crippen molar-refractivity contribution in [2.45, 2.75) is 117 Å². The summed E-state index contributed by atoms with van der Waals surface area (Å²) in [5, 5.41) is 2.88. The second kappa shape index (κ2) is 23.5. The summed E-state index contributed by atoms with van der Waals surface area (Å²) in [6.45, 7) is 9.92. The molecule has 6 heteroatoms. The SMILES string of the molecule is C=CCOC(=O)N/C(=N/c1ccc(C=O)cc1)N(CCCCCCCCCC)CCCCCCCCCC. The van der Waals surface area contributed by atoms with Crippen molar-refractivity contribution in [1.29, 1.82) is 0 Å². The second-order valence-electron chi connectivity index (χ2n) is 10.1. The highest BCUT2D eigenvalue weighted by Gasteiger charge is 2.16. The van der Waals surface area contributed by atoms with Gasteiger partial charge in [0.25, 0.3) is 0 Å². The molecule has 0 saturated carbocycles. The first-order valence-corrected chi connectivity index (χ1v) is 15.1. The zero-order valence-electron chi connectivity index (χ0n) is 24.2. The van der Waals surface area contributed by atoms with Crippen LogP contribution in [0.4, 0.5) is 10.5 Å². The Balaban J connectivity index is 2.84. The van der Waals surface area contributed by atoms with E-state index in [0.717, 1.165) is 32.2 Å². The van der Waals surface area contributed by atoms with E-state index >= 15 is 0 Å². The van der Waals surface area contributed by atoms with Gasteiger partial charge in [-0.05, 0) is 37.1 Å². The molecule has 1 aromatic rings. The number of hydrogen-bond donors (Lipinski definition) is 1. The molecule has 0 unspecified atom stereocenters. The summed E-state index contributed by atoms with van der Waals surface area (Å²) in [6.07, 6.45) is 21.8. The van der Waals surface area contributed by atoms with Gasteiger partial charge in [0, 0.05) is 18.7 Å². The Hall–Kier alpha value is -2.63. The Morgan fingerprint density at radius 1 is 0.816 bits per heavy atom. The molecule has 0 radical (unpaired) electrons. The molecule has 214 valence electrons. The van der Waals surface area contributed by atoms with E-state index < -0.39 is 6.09 Å². The molecule has 0 bridgehead atoms. The topological polar surface area (TPSA) is 71.0 Å². The van der Waals surface area contributed by atoms with E-state index in [2.05, 4.69) is 30.6 Å². The highest BCUT2D eigenvalue weighted by atomic mass is 16.5. The molecule has 0 aromatic heterocycles. The molecule has 0 saturated heterocycles. The van der Waals surface area contributed by atoms with Gasteiger partial charge in [0.1, 0.15) is 12.9 Å². The van der Waals surface area contributed by atoms with Gasteiger partial charge in [0.05, 0.1) is 5.69 Å². The highest BCUT2D eigenvalue weighted by molar-refractivity contribution is 5.95. The first-order chi connectivity index (χ1) is 18.6. The molecular formula is C32H53N3O3. The molecule has 0 aliphatic carbocycles. The maximum Gasteiger partial charge on any atom is 0.414 e. The van der Waals surface area contributed by atoms with Crippen LogP contribution in [0.3, 0.4) is 0 Å². The summed E-state index contributed by atoms with van der Waals surface area (Å²) in [4.78, 5) is 30.5. The number of ether oxygens (including phenoxy) is 1. The Kier molecular flexibility index (Phi) is 20.6. The third-order valence-electron chi connectivity index (χ3n) is 6.67. The number of hydrogen-bond acceptors (Lipinski definition) is 4. The van der Waals surface area contributed by atoms with E-state index in [-0.39, 0.29) is 6.61 Å². The summed E-state index contributed by atoms with van der Waals surface area (Å²) >= 11 is 0. The van der Waals surface area contributed by atoms with E-state index in [1.165, 1.54) is 89.9 Å². The lowest BCUT2D eigenvalue weighted by molar-refractivity contribution is 0.112. The molecular weight excluding hydrogens is 474 g/mol. The largest absolute Gasteiger partial charge is 0.445 e. The average Bonchev–Trinajstić information content (AvgIpc) is 2.93. The van der Waals surface area contributed by atoms with Gasteiger partial charge in [-0.25, -0.2) is 9.79 Å². The van der Waals surface area contributed by atoms with Crippen molar-refractivity contribution < 1.29 is 14.3 Å². The maximum atomic E-state index is 12.5. The van der Waals surface area contributed by atoms with E-state index in [4.69, 9.17) is 9.73 Å². The van der Waals surface area contributed by atoms with Crippen molar-refractivity contribution >= 4 is 24.0 Å². The predicted molar refractivity (Wildman–Crippen MR) is 160 cm³/mol. The number of aliphatic imine (C=N–C) groups is 1. The summed E-state index contributed by atoms with van der Waals surface area (Å²) in [5.74, 6) is 0.504. The van der Waals surface area contributed by atoms with Crippen LogP contribution in [0.5, 0.6) is 0 Å². The Morgan fingerprint density at radius 3 is 1.74 bits per heavy atom. The van der Waals surface area contributed by atoms with Crippen LogP contribution in [-0.2, 0) is 4.74 Å². The van der Waals surface area contributed by atoms with Crippen molar-refractivity contribution in [3.05, 3.63) is 42.5 Å². The van der Waals surface area contributed by atoms with Crippen LogP contribution in [0.25, 0.3) is 0 Å². The first kappa shape index (κ1) is 33.4. The number of amides is 1. The van der Waals surface area contributed by atoms with Crippen molar-refractivity contribution in [3.63, 3.8) is 0 Å². The van der Waals surface area contributed by atoms with Crippen molar-refractivity contribution in [1.82, 2.24) is 10.2 Å². The zero-order chi connectivity index (χ0) is 27.7. The van der Waals surface area contributed by atoms with Crippen molar-refractivity contribution in [2.75, 3.05) is 19.7 Å². The number of carbonyl (C=O) groups excluding carboxylic acids is 2. The molecule has 1 amide bonds. The minimum Gasteiger partial charge on any atom is -0.445 e. The van der Waals surface area contributed by atoms with Crippen molar-refractivity contribution in [2.24, 2.45) is 4.99 Å². The minimum absolute atomic E-state index is 0.142. The fourth-order valence-electron chi connectivity index (χ4n) is 4.39. The number of carbonyl (C=O) groups is 2. The number of guanidine groups is 1. The molecule has 0 atom stereocenters. The van der Waals surface area contributed by atoms with Gasteiger partial charge in [-0.2, -0.15) is 0 Å². The van der Waals surface area contributed by atoms with E-state index in [1.54, 1.807) is 30.3 Å². The molecule has 6 nitrogen and oxygen atoms in total. The lowest BCUT2D eigenvalue weighted by atomic mass is 10.1. The second-order valence-corrected chi connectivity index (χ2v) is 10.1. The molecule has 38 heavy (non-hydrogen) atoms. The highest BCUT2D eigenvalue weighted by Crippen LogP contribution is 2.16. The standard InChI is InChI=1S/C32H53N3O3/c1-4-7-9-11-13-15-17-19-25-35(26-20-18-16-14-12-10-8-5-2)31(34-32(37)38-27-6-3)33-30-23-21-29(28-36)22-24-30/h6,21-24,28H,3-5,7-20,25-27H2,1-2H3,(H,33,34,37). The number of aldehydes is 1. The predicted octanol–water partition coefficient (Wildman–Crippen LogP) is 8.98. The molecule has 0 aliphatic heterocycles. The average molecular weight is 528 g/mol. The number of alkyl carbamates (subject to hydrolysis) is 1. The van der Waals surface area contributed by atoms with Gasteiger partial charge in [-0.1, -0.05) is 116 Å². The quantitative estimate of drug-likeness (QED) is 0.0537. The summed E-state index contributed by atoms with van der Waals surface area (Å²) in [5.41, 5.74) is 1.28. The fraction of sp³-hybridized carbons (Fsp3) is 0.656. The number of nitrogens with zero attached hydrogens (tertiary/aromatic N) is 2.